The van der Waals surface area contributed by atoms with E-state index in [0.29, 0.717) is 0 Å². The Balaban J connectivity index is 1.95. The number of hydrogen-bond acceptors (Lipinski definition) is 2. The standard InChI is InChI=1S/C19H22N2O/c1-4-14-6-8-15(9-7-14)18-17(20)19(22)21(18)16-10-5-12(2)13(3)11-16/h5-11,17-18H,4,20H2,1-3H3/t17-,18+/m1/s1. The number of benzene rings is 2. The summed E-state index contributed by atoms with van der Waals surface area (Å²) in [4.78, 5) is 14.1. The molecule has 0 saturated carbocycles. The maximum Gasteiger partial charge on any atom is 0.247 e. The normalized spacial score (nSPS) is 20.9. The monoisotopic (exact) mass is 294 g/mol. The number of nitrogens with two attached hydrogens (primary N) is 1. The molecule has 0 aliphatic carbocycles. The van der Waals surface area contributed by atoms with E-state index in [4.69, 9.17) is 5.73 Å². The zero-order valence-electron chi connectivity index (χ0n) is 13.3. The minimum absolute atomic E-state index is 0.00665. The third kappa shape index (κ3) is 2.32. The van der Waals surface area contributed by atoms with Gasteiger partial charge in [-0.3, -0.25) is 4.79 Å². The van der Waals surface area contributed by atoms with Gasteiger partial charge in [-0.05, 0) is 54.7 Å². The van der Waals surface area contributed by atoms with Crippen LogP contribution >= 0.6 is 0 Å². The van der Waals surface area contributed by atoms with Crippen molar-refractivity contribution in [2.75, 3.05) is 4.90 Å². The molecular formula is C19H22N2O. The number of hydrogen-bond donors (Lipinski definition) is 1. The van der Waals surface area contributed by atoms with Gasteiger partial charge >= 0.3 is 0 Å². The Morgan fingerprint density at radius 1 is 1.05 bits per heavy atom. The van der Waals surface area contributed by atoms with Crippen molar-refractivity contribution in [3.63, 3.8) is 0 Å². The largest absolute Gasteiger partial charge is 0.318 e. The highest BCUT2D eigenvalue weighted by atomic mass is 16.2. The molecule has 22 heavy (non-hydrogen) atoms. The van der Waals surface area contributed by atoms with Crippen molar-refractivity contribution in [3.05, 3.63) is 64.7 Å². The Hall–Kier alpha value is -2.13. The summed E-state index contributed by atoms with van der Waals surface area (Å²) in [5, 5.41) is 0. The first-order valence-corrected chi connectivity index (χ1v) is 7.77. The van der Waals surface area contributed by atoms with Crippen molar-refractivity contribution in [2.45, 2.75) is 39.3 Å². The van der Waals surface area contributed by atoms with Crippen molar-refractivity contribution in [3.8, 4) is 0 Å². The van der Waals surface area contributed by atoms with Gasteiger partial charge in [0.15, 0.2) is 0 Å². The lowest BCUT2D eigenvalue weighted by Crippen LogP contribution is -2.63. The molecule has 2 N–H and O–H groups in total. The maximum absolute atomic E-state index is 12.3. The highest BCUT2D eigenvalue weighted by Gasteiger charge is 2.46. The molecule has 3 heteroatoms. The fraction of sp³-hybridized carbons (Fsp3) is 0.316. The van der Waals surface area contributed by atoms with E-state index in [-0.39, 0.29) is 11.9 Å². The number of nitrogens with zero attached hydrogens (tertiary/aromatic N) is 1. The lowest BCUT2D eigenvalue weighted by atomic mass is 9.87. The third-order valence-electron chi connectivity index (χ3n) is 4.64. The third-order valence-corrected chi connectivity index (χ3v) is 4.64. The van der Waals surface area contributed by atoms with E-state index in [2.05, 4.69) is 57.2 Å². The molecule has 0 aromatic heterocycles. The summed E-state index contributed by atoms with van der Waals surface area (Å²) >= 11 is 0. The summed E-state index contributed by atoms with van der Waals surface area (Å²) in [5.74, 6) is -0.00665. The molecule has 2 aromatic carbocycles. The van der Waals surface area contributed by atoms with E-state index in [0.717, 1.165) is 17.7 Å². The molecule has 0 spiro atoms. The summed E-state index contributed by atoms with van der Waals surface area (Å²) < 4.78 is 0. The Labute approximate surface area is 131 Å². The lowest BCUT2D eigenvalue weighted by molar-refractivity contribution is -0.126. The molecule has 114 valence electrons. The van der Waals surface area contributed by atoms with Gasteiger partial charge < -0.3 is 10.6 Å². The van der Waals surface area contributed by atoms with Gasteiger partial charge in [-0.15, -0.1) is 0 Å². The molecule has 1 saturated heterocycles. The highest BCUT2D eigenvalue weighted by Crippen LogP contribution is 2.38. The Morgan fingerprint density at radius 3 is 2.32 bits per heavy atom. The molecular weight excluding hydrogens is 272 g/mol. The SMILES string of the molecule is CCc1ccc([C@H]2[C@@H](N)C(=O)N2c2ccc(C)c(C)c2)cc1. The zero-order chi connectivity index (χ0) is 15.9. The minimum atomic E-state index is -0.450. The van der Waals surface area contributed by atoms with Gasteiger partial charge in [-0.2, -0.15) is 0 Å². The van der Waals surface area contributed by atoms with E-state index in [9.17, 15) is 4.79 Å². The first-order valence-electron chi connectivity index (χ1n) is 7.77. The highest BCUT2D eigenvalue weighted by molar-refractivity contribution is 6.05. The predicted molar refractivity (Wildman–Crippen MR) is 89.9 cm³/mol. The van der Waals surface area contributed by atoms with E-state index in [1.54, 1.807) is 0 Å². The molecule has 1 aliphatic rings. The van der Waals surface area contributed by atoms with E-state index in [1.165, 1.54) is 16.7 Å². The molecule has 3 nitrogen and oxygen atoms in total. The molecule has 3 rings (SSSR count). The summed E-state index contributed by atoms with van der Waals surface area (Å²) in [6.07, 6.45) is 1.01. The minimum Gasteiger partial charge on any atom is -0.318 e. The van der Waals surface area contributed by atoms with Crippen molar-refractivity contribution in [1.82, 2.24) is 0 Å². The van der Waals surface area contributed by atoms with Crippen LogP contribution in [-0.2, 0) is 11.2 Å². The van der Waals surface area contributed by atoms with Crippen LogP contribution in [0.1, 0.15) is 35.2 Å². The average molecular weight is 294 g/mol. The van der Waals surface area contributed by atoms with Gasteiger partial charge in [-0.1, -0.05) is 37.3 Å². The predicted octanol–water partition coefficient (Wildman–Crippen LogP) is 3.28. The molecule has 1 amide bonds. The van der Waals surface area contributed by atoms with Crippen molar-refractivity contribution in [1.29, 1.82) is 0 Å². The van der Waals surface area contributed by atoms with Gasteiger partial charge in [0.2, 0.25) is 5.91 Å². The number of carbonyl (C=O) groups excluding carboxylic acids is 1. The second-order valence-corrected chi connectivity index (χ2v) is 6.04. The van der Waals surface area contributed by atoms with Gasteiger partial charge in [0.05, 0.1) is 6.04 Å². The van der Waals surface area contributed by atoms with E-state index < -0.39 is 6.04 Å². The van der Waals surface area contributed by atoms with Crippen LogP contribution in [0.4, 0.5) is 5.69 Å². The number of carbonyl (C=O) groups is 1. The Kier molecular flexibility index (Phi) is 3.75. The average Bonchev–Trinajstić information content (AvgIpc) is 2.54. The van der Waals surface area contributed by atoms with Crippen LogP contribution in [0.5, 0.6) is 0 Å². The van der Waals surface area contributed by atoms with Gasteiger partial charge in [0.25, 0.3) is 0 Å². The summed E-state index contributed by atoms with van der Waals surface area (Å²) in [5.41, 5.74) is 11.8. The van der Waals surface area contributed by atoms with Crippen LogP contribution in [0.3, 0.4) is 0 Å². The van der Waals surface area contributed by atoms with Gasteiger partial charge in [0.1, 0.15) is 6.04 Å². The quantitative estimate of drug-likeness (QED) is 0.883. The van der Waals surface area contributed by atoms with Crippen molar-refractivity contribution in [2.24, 2.45) is 5.73 Å². The topological polar surface area (TPSA) is 46.3 Å². The van der Waals surface area contributed by atoms with E-state index >= 15 is 0 Å². The van der Waals surface area contributed by atoms with Gasteiger partial charge in [0, 0.05) is 5.69 Å². The second kappa shape index (κ2) is 5.58. The molecule has 1 heterocycles. The van der Waals surface area contributed by atoms with Crippen LogP contribution in [-0.4, -0.2) is 11.9 Å². The smallest absolute Gasteiger partial charge is 0.247 e. The number of aryl methyl sites for hydroxylation is 3. The fourth-order valence-electron chi connectivity index (χ4n) is 2.98. The Morgan fingerprint density at radius 2 is 1.73 bits per heavy atom. The van der Waals surface area contributed by atoms with Crippen LogP contribution in [0.25, 0.3) is 0 Å². The van der Waals surface area contributed by atoms with Crippen molar-refractivity contribution < 1.29 is 4.79 Å². The Bertz CT molecular complexity index is 706. The number of anilines is 1. The summed E-state index contributed by atoms with van der Waals surface area (Å²) in [6, 6.07) is 14.0. The van der Waals surface area contributed by atoms with E-state index in [1.807, 2.05) is 11.0 Å². The molecule has 0 unspecified atom stereocenters. The van der Waals surface area contributed by atoms with Crippen LogP contribution in [0.2, 0.25) is 0 Å². The lowest BCUT2D eigenvalue weighted by Gasteiger charge is -2.45. The molecule has 2 atom stereocenters. The van der Waals surface area contributed by atoms with Gasteiger partial charge in [-0.25, -0.2) is 0 Å². The zero-order valence-corrected chi connectivity index (χ0v) is 13.3. The molecule has 1 fully saturated rings. The first kappa shape index (κ1) is 14.8. The first-order chi connectivity index (χ1) is 10.5. The van der Waals surface area contributed by atoms with Crippen LogP contribution < -0.4 is 10.6 Å². The maximum atomic E-state index is 12.3. The number of rotatable bonds is 3. The summed E-state index contributed by atoms with van der Waals surface area (Å²) in [7, 11) is 0. The fourth-order valence-corrected chi connectivity index (χ4v) is 2.98. The van der Waals surface area contributed by atoms with Crippen molar-refractivity contribution >= 4 is 11.6 Å². The molecule has 0 radical (unpaired) electrons. The number of β-lactam (4-membered cyclic amide) rings is 1. The molecule has 1 aliphatic heterocycles. The molecule has 0 bridgehead atoms. The molecule has 2 aromatic rings. The van der Waals surface area contributed by atoms with Crippen LogP contribution in [0, 0.1) is 13.8 Å². The second-order valence-electron chi connectivity index (χ2n) is 6.04. The van der Waals surface area contributed by atoms with Crippen LogP contribution in [0.15, 0.2) is 42.5 Å². The summed E-state index contributed by atoms with van der Waals surface area (Å²) in [6.45, 7) is 6.27. The number of amides is 1.